The van der Waals surface area contributed by atoms with Gasteiger partial charge in [-0.05, 0) is 32.1 Å². The molecule has 0 aromatic rings. The molecule has 0 heterocycles. The van der Waals surface area contributed by atoms with Crippen LogP contribution >= 0.6 is 0 Å². The molecular weight excluding hydrogens is 188 g/mol. The van der Waals surface area contributed by atoms with Crippen molar-refractivity contribution < 1.29 is 9.53 Å². The molecule has 0 aromatic heterocycles. The molecule has 0 rings (SSSR count). The van der Waals surface area contributed by atoms with Gasteiger partial charge < -0.3 is 4.74 Å². The molecule has 0 saturated heterocycles. The molecule has 1 unspecified atom stereocenters. The molecule has 0 aliphatic heterocycles. The third-order valence-electron chi connectivity index (χ3n) is 2.35. The first kappa shape index (κ1) is 13.9. The Bertz CT molecular complexity index is 229. The van der Waals surface area contributed by atoms with Gasteiger partial charge in [-0.3, -0.25) is 0 Å². The second-order valence-electron chi connectivity index (χ2n) is 3.46. The SMILES string of the molecule is C=CCC(/C=C(\CC)C(=O)OCC)CC. The summed E-state index contributed by atoms with van der Waals surface area (Å²) in [6.45, 7) is 10.1. The van der Waals surface area contributed by atoms with E-state index in [0.29, 0.717) is 12.5 Å². The first-order chi connectivity index (χ1) is 7.19. The number of ether oxygens (including phenoxy) is 1. The number of allylic oxidation sites excluding steroid dienone is 2. The molecule has 0 spiro atoms. The van der Waals surface area contributed by atoms with E-state index in [-0.39, 0.29) is 5.97 Å². The van der Waals surface area contributed by atoms with Gasteiger partial charge in [0.05, 0.1) is 6.61 Å². The van der Waals surface area contributed by atoms with Crippen molar-refractivity contribution in [2.45, 2.75) is 40.0 Å². The van der Waals surface area contributed by atoms with Gasteiger partial charge in [0.1, 0.15) is 0 Å². The Balaban J connectivity index is 4.53. The van der Waals surface area contributed by atoms with Crippen LogP contribution in [0.4, 0.5) is 0 Å². The predicted octanol–water partition coefficient (Wildman–Crippen LogP) is 3.49. The highest BCUT2D eigenvalue weighted by atomic mass is 16.5. The fourth-order valence-corrected chi connectivity index (χ4v) is 1.41. The van der Waals surface area contributed by atoms with Gasteiger partial charge in [-0.25, -0.2) is 4.79 Å². The summed E-state index contributed by atoms with van der Waals surface area (Å²) in [4.78, 5) is 11.5. The van der Waals surface area contributed by atoms with Crippen LogP contribution in [0.5, 0.6) is 0 Å². The van der Waals surface area contributed by atoms with Crippen LogP contribution in [-0.2, 0) is 9.53 Å². The number of carbonyl (C=O) groups excluding carboxylic acids is 1. The lowest BCUT2D eigenvalue weighted by atomic mass is 9.98. The summed E-state index contributed by atoms with van der Waals surface area (Å²) in [7, 11) is 0. The van der Waals surface area contributed by atoms with Gasteiger partial charge in [0.25, 0.3) is 0 Å². The molecule has 0 aromatic carbocycles. The molecule has 2 nitrogen and oxygen atoms in total. The molecule has 0 fully saturated rings. The highest BCUT2D eigenvalue weighted by Gasteiger charge is 2.10. The van der Waals surface area contributed by atoms with E-state index in [1.165, 1.54) is 0 Å². The Hall–Kier alpha value is -1.05. The van der Waals surface area contributed by atoms with E-state index in [1.54, 1.807) is 0 Å². The van der Waals surface area contributed by atoms with Gasteiger partial charge in [0, 0.05) is 5.57 Å². The Kier molecular flexibility index (Phi) is 7.69. The quantitative estimate of drug-likeness (QED) is 0.365. The van der Waals surface area contributed by atoms with Gasteiger partial charge in [-0.2, -0.15) is 0 Å². The second-order valence-corrected chi connectivity index (χ2v) is 3.46. The van der Waals surface area contributed by atoms with Gasteiger partial charge in [-0.1, -0.05) is 26.0 Å². The van der Waals surface area contributed by atoms with Crippen LogP contribution in [0.2, 0.25) is 0 Å². The van der Waals surface area contributed by atoms with Crippen molar-refractivity contribution in [2.75, 3.05) is 6.61 Å². The van der Waals surface area contributed by atoms with E-state index in [1.807, 2.05) is 26.0 Å². The normalized spacial score (nSPS) is 13.4. The van der Waals surface area contributed by atoms with Crippen molar-refractivity contribution in [2.24, 2.45) is 5.92 Å². The summed E-state index contributed by atoms with van der Waals surface area (Å²) in [6, 6.07) is 0. The smallest absolute Gasteiger partial charge is 0.333 e. The van der Waals surface area contributed by atoms with Gasteiger partial charge >= 0.3 is 5.97 Å². The summed E-state index contributed by atoms with van der Waals surface area (Å²) in [5, 5.41) is 0. The summed E-state index contributed by atoms with van der Waals surface area (Å²) in [5.41, 5.74) is 0.783. The Morgan fingerprint density at radius 1 is 1.40 bits per heavy atom. The lowest BCUT2D eigenvalue weighted by Gasteiger charge is -2.10. The lowest BCUT2D eigenvalue weighted by molar-refractivity contribution is -0.138. The number of hydrogen-bond acceptors (Lipinski definition) is 2. The molecule has 0 aliphatic carbocycles. The Labute approximate surface area is 93.0 Å². The Morgan fingerprint density at radius 2 is 2.07 bits per heavy atom. The summed E-state index contributed by atoms with van der Waals surface area (Å²) >= 11 is 0. The van der Waals surface area contributed by atoms with E-state index in [0.717, 1.165) is 24.8 Å². The molecular formula is C13H22O2. The minimum absolute atomic E-state index is 0.178. The van der Waals surface area contributed by atoms with Crippen molar-refractivity contribution in [1.82, 2.24) is 0 Å². The second kappa shape index (κ2) is 8.27. The summed E-state index contributed by atoms with van der Waals surface area (Å²) in [5.74, 6) is 0.226. The van der Waals surface area contributed by atoms with Crippen LogP contribution in [0.3, 0.4) is 0 Å². The molecule has 86 valence electrons. The minimum Gasteiger partial charge on any atom is -0.463 e. The number of rotatable bonds is 7. The number of esters is 1. The molecule has 0 radical (unpaired) electrons. The van der Waals surface area contributed by atoms with Crippen LogP contribution in [-0.4, -0.2) is 12.6 Å². The van der Waals surface area contributed by atoms with Crippen LogP contribution < -0.4 is 0 Å². The standard InChI is InChI=1S/C13H22O2/c1-5-9-11(6-2)10-12(7-3)13(14)15-8-4/h5,10-11H,1,6-9H2,2-4H3/b12-10+. The Morgan fingerprint density at radius 3 is 2.47 bits per heavy atom. The van der Waals surface area contributed by atoms with Crippen molar-refractivity contribution >= 4 is 5.97 Å². The highest BCUT2D eigenvalue weighted by molar-refractivity contribution is 5.88. The molecule has 0 N–H and O–H groups in total. The highest BCUT2D eigenvalue weighted by Crippen LogP contribution is 2.15. The molecule has 0 amide bonds. The fraction of sp³-hybridized carbons (Fsp3) is 0.615. The van der Waals surface area contributed by atoms with E-state index in [2.05, 4.69) is 13.5 Å². The van der Waals surface area contributed by atoms with Crippen molar-refractivity contribution in [3.8, 4) is 0 Å². The maximum Gasteiger partial charge on any atom is 0.333 e. The third kappa shape index (κ3) is 5.40. The van der Waals surface area contributed by atoms with Crippen molar-refractivity contribution in [3.63, 3.8) is 0 Å². The average molecular weight is 210 g/mol. The zero-order chi connectivity index (χ0) is 11.7. The minimum atomic E-state index is -0.178. The zero-order valence-corrected chi connectivity index (χ0v) is 10.1. The fourth-order valence-electron chi connectivity index (χ4n) is 1.41. The molecule has 0 aliphatic rings. The van der Waals surface area contributed by atoms with Gasteiger partial charge in [0.15, 0.2) is 0 Å². The molecule has 15 heavy (non-hydrogen) atoms. The molecule has 2 heteroatoms. The molecule has 1 atom stereocenters. The van der Waals surface area contributed by atoms with Crippen molar-refractivity contribution in [1.29, 1.82) is 0 Å². The van der Waals surface area contributed by atoms with Crippen LogP contribution in [0, 0.1) is 5.92 Å². The van der Waals surface area contributed by atoms with Crippen LogP contribution in [0.15, 0.2) is 24.3 Å². The van der Waals surface area contributed by atoms with E-state index in [9.17, 15) is 4.79 Å². The molecule has 0 saturated carbocycles. The summed E-state index contributed by atoms with van der Waals surface area (Å²) < 4.78 is 4.99. The maximum absolute atomic E-state index is 11.5. The van der Waals surface area contributed by atoms with E-state index >= 15 is 0 Å². The third-order valence-corrected chi connectivity index (χ3v) is 2.35. The largest absolute Gasteiger partial charge is 0.463 e. The van der Waals surface area contributed by atoms with E-state index in [4.69, 9.17) is 4.74 Å². The monoisotopic (exact) mass is 210 g/mol. The van der Waals surface area contributed by atoms with Gasteiger partial charge in [-0.15, -0.1) is 6.58 Å². The first-order valence-electron chi connectivity index (χ1n) is 5.68. The van der Waals surface area contributed by atoms with Gasteiger partial charge in [0.2, 0.25) is 0 Å². The van der Waals surface area contributed by atoms with Crippen LogP contribution in [0.25, 0.3) is 0 Å². The topological polar surface area (TPSA) is 26.3 Å². The zero-order valence-electron chi connectivity index (χ0n) is 10.1. The van der Waals surface area contributed by atoms with Crippen molar-refractivity contribution in [3.05, 3.63) is 24.3 Å². The number of carbonyl (C=O) groups is 1. The number of hydrogen-bond donors (Lipinski definition) is 0. The average Bonchev–Trinajstić information content (AvgIpc) is 2.24. The maximum atomic E-state index is 11.5. The van der Waals surface area contributed by atoms with Crippen LogP contribution in [0.1, 0.15) is 40.0 Å². The summed E-state index contributed by atoms with van der Waals surface area (Å²) in [6.07, 6.45) is 6.59. The molecule has 0 bridgehead atoms. The van der Waals surface area contributed by atoms with E-state index < -0.39 is 0 Å². The predicted molar refractivity (Wildman–Crippen MR) is 63.6 cm³/mol. The lowest BCUT2D eigenvalue weighted by Crippen LogP contribution is -2.09. The first-order valence-corrected chi connectivity index (χ1v) is 5.68.